The second-order valence-corrected chi connectivity index (χ2v) is 3.98. The molecular weight excluding hydrogens is 228 g/mol. The third kappa shape index (κ3) is 4.19. The van der Waals surface area contributed by atoms with Gasteiger partial charge in [-0.05, 0) is 24.6 Å². The molecule has 0 atom stereocenters. The molecule has 1 rings (SSSR count). The van der Waals surface area contributed by atoms with Gasteiger partial charge in [-0.2, -0.15) is 5.26 Å². The Bertz CT molecular complexity index is 438. The summed E-state index contributed by atoms with van der Waals surface area (Å²) < 4.78 is 5.28. The number of anilines is 1. The zero-order valence-corrected chi connectivity index (χ0v) is 10.8. The van der Waals surface area contributed by atoms with Crippen LogP contribution in [0.25, 0.3) is 0 Å². The molecule has 0 saturated heterocycles. The number of rotatable bonds is 6. The van der Waals surface area contributed by atoms with E-state index in [2.05, 4.69) is 6.07 Å². The van der Waals surface area contributed by atoms with Crippen LogP contribution in [-0.4, -0.2) is 26.2 Å². The second-order valence-electron chi connectivity index (χ2n) is 3.98. The van der Waals surface area contributed by atoms with Crippen LogP contribution in [0.4, 0.5) is 5.69 Å². The molecule has 96 valence electrons. The number of hydrogen-bond donors (Lipinski definition) is 0. The van der Waals surface area contributed by atoms with E-state index in [9.17, 15) is 4.79 Å². The van der Waals surface area contributed by atoms with E-state index in [0.717, 1.165) is 12.1 Å². The Morgan fingerprint density at radius 1 is 1.44 bits per heavy atom. The van der Waals surface area contributed by atoms with Crippen LogP contribution in [0.1, 0.15) is 25.3 Å². The summed E-state index contributed by atoms with van der Waals surface area (Å²) in [6.07, 6.45) is 1.31. The van der Waals surface area contributed by atoms with E-state index in [1.54, 1.807) is 30.1 Å². The summed E-state index contributed by atoms with van der Waals surface area (Å²) in [4.78, 5) is 13.4. The molecule has 0 bridgehead atoms. The highest BCUT2D eigenvalue weighted by atomic mass is 16.5. The highest BCUT2D eigenvalue weighted by Crippen LogP contribution is 2.15. The third-order valence-corrected chi connectivity index (χ3v) is 2.55. The van der Waals surface area contributed by atoms with Gasteiger partial charge in [-0.1, -0.05) is 13.0 Å². The standard InChI is InChI=1S/C14H18N2O2/c1-3-8-18-9-7-14(17)16(2)13-6-4-5-12(10-13)11-15/h4-6,10H,3,7-9H2,1-2H3. The van der Waals surface area contributed by atoms with E-state index in [-0.39, 0.29) is 5.91 Å². The summed E-state index contributed by atoms with van der Waals surface area (Å²) in [5.41, 5.74) is 1.28. The fraction of sp³-hybridized carbons (Fsp3) is 0.429. The van der Waals surface area contributed by atoms with Crippen molar-refractivity contribution in [1.29, 1.82) is 5.26 Å². The SMILES string of the molecule is CCCOCCC(=O)N(C)c1cccc(C#N)c1. The summed E-state index contributed by atoms with van der Waals surface area (Å²) in [5.74, 6) is -0.0128. The van der Waals surface area contributed by atoms with Gasteiger partial charge in [-0.25, -0.2) is 0 Å². The van der Waals surface area contributed by atoms with Gasteiger partial charge in [-0.3, -0.25) is 4.79 Å². The quantitative estimate of drug-likeness (QED) is 0.724. The molecule has 0 unspecified atom stereocenters. The van der Waals surface area contributed by atoms with E-state index in [1.165, 1.54) is 0 Å². The number of carbonyl (C=O) groups is 1. The monoisotopic (exact) mass is 246 g/mol. The zero-order chi connectivity index (χ0) is 13.4. The van der Waals surface area contributed by atoms with E-state index in [0.29, 0.717) is 25.2 Å². The van der Waals surface area contributed by atoms with Gasteiger partial charge in [0, 0.05) is 19.3 Å². The van der Waals surface area contributed by atoms with Crippen LogP contribution in [-0.2, 0) is 9.53 Å². The van der Waals surface area contributed by atoms with Crippen molar-refractivity contribution < 1.29 is 9.53 Å². The summed E-state index contributed by atoms with van der Waals surface area (Å²) in [6, 6.07) is 9.05. The van der Waals surface area contributed by atoms with Crippen molar-refractivity contribution in [2.45, 2.75) is 19.8 Å². The van der Waals surface area contributed by atoms with Gasteiger partial charge in [0.1, 0.15) is 0 Å². The molecule has 0 fully saturated rings. The molecule has 0 radical (unpaired) electrons. The molecule has 1 aromatic carbocycles. The molecule has 1 amide bonds. The molecule has 18 heavy (non-hydrogen) atoms. The van der Waals surface area contributed by atoms with Gasteiger partial charge in [0.05, 0.1) is 24.7 Å². The van der Waals surface area contributed by atoms with Crippen molar-refractivity contribution in [1.82, 2.24) is 0 Å². The molecule has 0 aliphatic rings. The van der Waals surface area contributed by atoms with Crippen LogP contribution < -0.4 is 4.90 Å². The van der Waals surface area contributed by atoms with Gasteiger partial charge >= 0.3 is 0 Å². The van der Waals surface area contributed by atoms with Crippen LogP contribution >= 0.6 is 0 Å². The van der Waals surface area contributed by atoms with Crippen molar-refractivity contribution >= 4 is 11.6 Å². The molecule has 0 aliphatic carbocycles. The summed E-state index contributed by atoms with van der Waals surface area (Å²) >= 11 is 0. The first-order chi connectivity index (χ1) is 8.69. The number of nitrogens with zero attached hydrogens (tertiary/aromatic N) is 2. The minimum absolute atomic E-state index is 0.0128. The number of ether oxygens (including phenoxy) is 1. The average molecular weight is 246 g/mol. The van der Waals surface area contributed by atoms with Gasteiger partial charge in [-0.15, -0.1) is 0 Å². The van der Waals surface area contributed by atoms with Crippen molar-refractivity contribution in [2.24, 2.45) is 0 Å². The lowest BCUT2D eigenvalue weighted by Crippen LogP contribution is -2.27. The third-order valence-electron chi connectivity index (χ3n) is 2.55. The minimum Gasteiger partial charge on any atom is -0.381 e. The summed E-state index contributed by atoms with van der Waals surface area (Å²) in [5, 5.41) is 8.81. The Hall–Kier alpha value is -1.86. The first-order valence-corrected chi connectivity index (χ1v) is 6.03. The minimum atomic E-state index is -0.0128. The van der Waals surface area contributed by atoms with Gasteiger partial charge < -0.3 is 9.64 Å². The maximum Gasteiger partial charge on any atom is 0.229 e. The Morgan fingerprint density at radius 3 is 2.89 bits per heavy atom. The Kier molecular flexibility index (Phi) is 5.89. The smallest absolute Gasteiger partial charge is 0.229 e. The maximum atomic E-state index is 11.9. The molecule has 4 nitrogen and oxygen atoms in total. The van der Waals surface area contributed by atoms with Crippen molar-refractivity contribution in [3.05, 3.63) is 29.8 Å². The van der Waals surface area contributed by atoms with Crippen molar-refractivity contribution in [2.75, 3.05) is 25.2 Å². The highest BCUT2D eigenvalue weighted by molar-refractivity contribution is 5.92. The number of hydrogen-bond acceptors (Lipinski definition) is 3. The van der Waals surface area contributed by atoms with Crippen LogP contribution in [0.2, 0.25) is 0 Å². The van der Waals surface area contributed by atoms with E-state index in [1.807, 2.05) is 13.0 Å². The average Bonchev–Trinajstić information content (AvgIpc) is 2.42. The molecule has 0 heterocycles. The Morgan fingerprint density at radius 2 is 2.22 bits per heavy atom. The molecule has 4 heteroatoms. The summed E-state index contributed by atoms with van der Waals surface area (Å²) in [7, 11) is 1.71. The van der Waals surface area contributed by atoms with Crippen LogP contribution in [0.15, 0.2) is 24.3 Å². The molecule has 1 aromatic rings. The largest absolute Gasteiger partial charge is 0.381 e. The number of amides is 1. The summed E-state index contributed by atoms with van der Waals surface area (Å²) in [6.45, 7) is 3.15. The molecule has 0 N–H and O–H groups in total. The fourth-order valence-electron chi connectivity index (χ4n) is 1.50. The second kappa shape index (κ2) is 7.46. The zero-order valence-electron chi connectivity index (χ0n) is 10.8. The predicted molar refractivity (Wildman–Crippen MR) is 70.3 cm³/mol. The van der Waals surface area contributed by atoms with Crippen molar-refractivity contribution in [3.8, 4) is 6.07 Å². The molecule has 0 spiro atoms. The fourth-order valence-corrected chi connectivity index (χ4v) is 1.50. The lowest BCUT2D eigenvalue weighted by molar-refractivity contribution is -0.119. The first kappa shape index (κ1) is 14.2. The molecule has 0 aromatic heterocycles. The van der Waals surface area contributed by atoms with Crippen LogP contribution in [0.5, 0.6) is 0 Å². The maximum absolute atomic E-state index is 11.9. The Labute approximate surface area is 108 Å². The number of nitriles is 1. The molecular formula is C14H18N2O2. The van der Waals surface area contributed by atoms with Crippen LogP contribution in [0.3, 0.4) is 0 Å². The van der Waals surface area contributed by atoms with Gasteiger partial charge in [0.2, 0.25) is 5.91 Å². The lowest BCUT2D eigenvalue weighted by Gasteiger charge is -2.17. The van der Waals surface area contributed by atoms with E-state index < -0.39 is 0 Å². The molecule has 0 aliphatic heterocycles. The lowest BCUT2D eigenvalue weighted by atomic mass is 10.2. The first-order valence-electron chi connectivity index (χ1n) is 6.03. The Balaban J connectivity index is 2.55. The van der Waals surface area contributed by atoms with Gasteiger partial charge in [0.15, 0.2) is 0 Å². The van der Waals surface area contributed by atoms with E-state index >= 15 is 0 Å². The predicted octanol–water partition coefficient (Wildman–Crippen LogP) is 2.34. The topological polar surface area (TPSA) is 53.3 Å². The van der Waals surface area contributed by atoms with Crippen LogP contribution in [0, 0.1) is 11.3 Å². The number of benzene rings is 1. The van der Waals surface area contributed by atoms with E-state index in [4.69, 9.17) is 10.00 Å². The van der Waals surface area contributed by atoms with Crippen molar-refractivity contribution in [3.63, 3.8) is 0 Å². The van der Waals surface area contributed by atoms with Gasteiger partial charge in [0.25, 0.3) is 0 Å². The highest BCUT2D eigenvalue weighted by Gasteiger charge is 2.10. The number of carbonyl (C=O) groups excluding carboxylic acids is 1. The molecule has 0 saturated carbocycles. The normalized spacial score (nSPS) is 9.83.